The minimum absolute atomic E-state index is 0.287. The van der Waals surface area contributed by atoms with E-state index in [2.05, 4.69) is 15.6 Å². The van der Waals surface area contributed by atoms with Crippen LogP contribution in [0, 0.1) is 0 Å². The van der Waals surface area contributed by atoms with Crippen LogP contribution in [0.2, 0.25) is 0 Å². The fourth-order valence-electron chi connectivity index (χ4n) is 3.20. The largest absolute Gasteiger partial charge is 0.467 e. The van der Waals surface area contributed by atoms with Crippen molar-refractivity contribution in [2.75, 3.05) is 7.11 Å². The number of carbonyl (C=O) groups excluding carboxylic acids is 2. The van der Waals surface area contributed by atoms with E-state index in [-0.39, 0.29) is 11.9 Å². The van der Waals surface area contributed by atoms with Gasteiger partial charge in [0.05, 0.1) is 12.6 Å². The summed E-state index contributed by atoms with van der Waals surface area (Å²) in [7, 11) is 3.15. The number of carbonyl (C=O) groups is 2. The van der Waals surface area contributed by atoms with Crippen LogP contribution in [0.3, 0.4) is 0 Å². The molecule has 1 saturated carbocycles. The Morgan fingerprint density at radius 2 is 2.00 bits per heavy atom. The number of aromatic nitrogens is 3. The van der Waals surface area contributed by atoms with Crippen molar-refractivity contribution in [2.45, 2.75) is 37.6 Å². The number of nitrogens with zero attached hydrogens (tertiary/aromatic N) is 3. The van der Waals surface area contributed by atoms with Gasteiger partial charge in [0.1, 0.15) is 11.1 Å². The second-order valence-electron chi connectivity index (χ2n) is 6.01. The maximum absolute atomic E-state index is 12.6. The maximum atomic E-state index is 12.6. The first-order chi connectivity index (χ1) is 11.1. The number of hydrogen-bond donors (Lipinski definition) is 1. The number of ether oxygens (including phenoxy) is 1. The van der Waals surface area contributed by atoms with Crippen molar-refractivity contribution in [1.29, 1.82) is 0 Å². The molecule has 122 valence electrons. The Kier molecular flexibility index (Phi) is 4.02. The summed E-state index contributed by atoms with van der Waals surface area (Å²) in [5.74, 6) is -0.656. The molecule has 0 radical (unpaired) electrons. The summed E-state index contributed by atoms with van der Waals surface area (Å²) in [6.07, 6.45) is 4.09. The van der Waals surface area contributed by atoms with E-state index in [4.69, 9.17) is 4.74 Å². The lowest BCUT2D eigenvalue weighted by molar-refractivity contribution is -0.149. The average Bonchev–Trinajstić information content (AvgIpc) is 2.95. The Hall–Kier alpha value is -2.44. The maximum Gasteiger partial charge on any atom is 0.331 e. The lowest BCUT2D eigenvalue weighted by Gasteiger charge is -2.35. The van der Waals surface area contributed by atoms with Gasteiger partial charge in [0, 0.05) is 12.6 Å². The molecule has 1 fully saturated rings. The smallest absolute Gasteiger partial charge is 0.331 e. The predicted molar refractivity (Wildman–Crippen MR) is 83.8 cm³/mol. The van der Waals surface area contributed by atoms with Crippen molar-refractivity contribution in [3.8, 4) is 0 Å². The molecule has 3 rings (SSSR count). The zero-order valence-corrected chi connectivity index (χ0v) is 13.3. The molecule has 0 spiro atoms. The molecule has 0 aliphatic heterocycles. The molecule has 1 aliphatic rings. The van der Waals surface area contributed by atoms with E-state index in [1.807, 2.05) is 0 Å². The number of benzene rings is 1. The van der Waals surface area contributed by atoms with Crippen LogP contribution in [0.25, 0.3) is 11.0 Å². The Balaban J connectivity index is 1.86. The highest BCUT2D eigenvalue weighted by molar-refractivity contribution is 6.00. The number of methoxy groups -OCH3 is 1. The van der Waals surface area contributed by atoms with Gasteiger partial charge in [-0.25, -0.2) is 9.48 Å². The Morgan fingerprint density at radius 1 is 1.26 bits per heavy atom. The molecule has 1 N–H and O–H groups in total. The number of aryl methyl sites for hydroxylation is 1. The molecule has 0 bridgehead atoms. The molecule has 7 heteroatoms. The fourth-order valence-corrected chi connectivity index (χ4v) is 3.20. The van der Waals surface area contributed by atoms with Gasteiger partial charge in [-0.05, 0) is 31.0 Å². The van der Waals surface area contributed by atoms with E-state index >= 15 is 0 Å². The standard InChI is InChI=1S/C16H20N4O3/c1-20-13-7-6-11(10-12(13)18-19-20)14(21)17-16(15(22)23-2)8-4-3-5-9-16/h6-7,10H,3-5,8-9H2,1-2H3,(H,17,21). The van der Waals surface area contributed by atoms with Crippen LogP contribution < -0.4 is 5.32 Å². The summed E-state index contributed by atoms with van der Waals surface area (Å²) < 4.78 is 6.57. The first-order valence-electron chi connectivity index (χ1n) is 7.76. The van der Waals surface area contributed by atoms with Gasteiger partial charge in [-0.1, -0.05) is 24.5 Å². The van der Waals surface area contributed by atoms with Gasteiger partial charge in [-0.15, -0.1) is 5.10 Å². The number of hydrogen-bond acceptors (Lipinski definition) is 5. The van der Waals surface area contributed by atoms with Crippen LogP contribution in [0.15, 0.2) is 18.2 Å². The molecule has 1 aliphatic carbocycles. The Morgan fingerprint density at radius 3 is 2.70 bits per heavy atom. The highest BCUT2D eigenvalue weighted by atomic mass is 16.5. The van der Waals surface area contributed by atoms with Gasteiger partial charge in [0.15, 0.2) is 0 Å². The molecule has 1 heterocycles. The summed E-state index contributed by atoms with van der Waals surface area (Å²) in [5.41, 5.74) is 1.05. The predicted octanol–water partition coefficient (Wildman–Crippen LogP) is 1.57. The Labute approximate surface area is 134 Å². The highest BCUT2D eigenvalue weighted by Crippen LogP contribution is 2.30. The third kappa shape index (κ3) is 2.78. The number of fused-ring (bicyclic) bond motifs is 1. The van der Waals surface area contributed by atoms with Gasteiger partial charge in [0.25, 0.3) is 5.91 Å². The number of esters is 1. The minimum Gasteiger partial charge on any atom is -0.467 e. The monoisotopic (exact) mass is 316 g/mol. The average molecular weight is 316 g/mol. The van der Waals surface area contributed by atoms with Crippen molar-refractivity contribution in [2.24, 2.45) is 7.05 Å². The van der Waals surface area contributed by atoms with E-state index in [9.17, 15) is 9.59 Å². The van der Waals surface area contributed by atoms with Crippen LogP contribution in [0.1, 0.15) is 42.5 Å². The van der Waals surface area contributed by atoms with E-state index in [1.54, 1.807) is 29.9 Å². The number of rotatable bonds is 3. The molecule has 1 amide bonds. The first-order valence-corrected chi connectivity index (χ1v) is 7.76. The summed E-state index contributed by atoms with van der Waals surface area (Å²) in [4.78, 5) is 24.8. The molecule has 0 unspecified atom stereocenters. The van der Waals surface area contributed by atoms with Crippen LogP contribution >= 0.6 is 0 Å². The molecule has 7 nitrogen and oxygen atoms in total. The molecule has 0 saturated heterocycles. The van der Waals surface area contributed by atoms with E-state index in [0.29, 0.717) is 23.9 Å². The van der Waals surface area contributed by atoms with Gasteiger partial charge >= 0.3 is 5.97 Å². The van der Waals surface area contributed by atoms with Gasteiger partial charge in [-0.2, -0.15) is 0 Å². The van der Waals surface area contributed by atoms with Crippen molar-refractivity contribution in [3.63, 3.8) is 0 Å². The minimum atomic E-state index is -0.915. The quantitative estimate of drug-likeness (QED) is 0.869. The molecule has 1 aromatic carbocycles. The summed E-state index contributed by atoms with van der Waals surface area (Å²) in [6, 6.07) is 5.20. The highest BCUT2D eigenvalue weighted by Gasteiger charge is 2.42. The third-order valence-electron chi connectivity index (χ3n) is 4.51. The lowest BCUT2D eigenvalue weighted by Crippen LogP contribution is -2.56. The third-order valence-corrected chi connectivity index (χ3v) is 4.51. The lowest BCUT2D eigenvalue weighted by atomic mass is 9.81. The normalized spacial score (nSPS) is 17.0. The van der Waals surface area contributed by atoms with Gasteiger partial charge in [-0.3, -0.25) is 4.79 Å². The number of amides is 1. The Bertz CT molecular complexity index is 747. The molecule has 2 aromatic rings. The topological polar surface area (TPSA) is 86.1 Å². The second kappa shape index (κ2) is 5.98. The van der Waals surface area contributed by atoms with E-state index in [1.165, 1.54) is 7.11 Å². The molecule has 1 aromatic heterocycles. The van der Waals surface area contributed by atoms with E-state index < -0.39 is 5.54 Å². The second-order valence-corrected chi connectivity index (χ2v) is 6.01. The van der Waals surface area contributed by atoms with Crippen molar-refractivity contribution in [1.82, 2.24) is 20.3 Å². The molecule has 23 heavy (non-hydrogen) atoms. The van der Waals surface area contributed by atoms with E-state index in [0.717, 1.165) is 24.8 Å². The zero-order valence-electron chi connectivity index (χ0n) is 13.3. The van der Waals surface area contributed by atoms with Crippen LogP contribution in [0.5, 0.6) is 0 Å². The van der Waals surface area contributed by atoms with Crippen molar-refractivity contribution >= 4 is 22.9 Å². The number of nitrogens with one attached hydrogen (secondary N) is 1. The summed E-state index contributed by atoms with van der Waals surface area (Å²) >= 11 is 0. The summed E-state index contributed by atoms with van der Waals surface area (Å²) in [6.45, 7) is 0. The van der Waals surface area contributed by atoms with Crippen molar-refractivity contribution < 1.29 is 14.3 Å². The van der Waals surface area contributed by atoms with Gasteiger partial charge < -0.3 is 10.1 Å². The zero-order chi connectivity index (χ0) is 16.4. The fraction of sp³-hybridized carbons (Fsp3) is 0.500. The molecule has 0 atom stereocenters. The van der Waals surface area contributed by atoms with Gasteiger partial charge in [0.2, 0.25) is 0 Å². The van der Waals surface area contributed by atoms with Crippen LogP contribution in [-0.2, 0) is 16.6 Å². The van der Waals surface area contributed by atoms with Crippen molar-refractivity contribution in [3.05, 3.63) is 23.8 Å². The molecular formula is C16H20N4O3. The molecular weight excluding hydrogens is 296 g/mol. The van der Waals surface area contributed by atoms with Crippen LogP contribution in [0.4, 0.5) is 0 Å². The SMILES string of the molecule is COC(=O)C1(NC(=O)c2ccc3c(c2)nnn3C)CCCCC1. The first kappa shape index (κ1) is 15.5. The summed E-state index contributed by atoms with van der Waals surface area (Å²) in [5, 5.41) is 10.8. The van der Waals surface area contributed by atoms with Crippen LogP contribution in [-0.4, -0.2) is 39.5 Å².